The van der Waals surface area contributed by atoms with E-state index >= 15 is 0 Å². The van der Waals surface area contributed by atoms with Crippen molar-refractivity contribution in [2.75, 3.05) is 13.1 Å². The van der Waals surface area contributed by atoms with Gasteiger partial charge in [-0.2, -0.15) is 5.21 Å². The largest absolute Gasteiger partial charge is 0.341 e. The minimum atomic E-state index is 0.0305. The van der Waals surface area contributed by atoms with Crippen LogP contribution in [0.15, 0.2) is 30.3 Å². The van der Waals surface area contributed by atoms with Gasteiger partial charge in [0, 0.05) is 24.9 Å². The second-order valence-electron chi connectivity index (χ2n) is 10.1. The van der Waals surface area contributed by atoms with Crippen LogP contribution in [-0.2, 0) is 10.2 Å². The van der Waals surface area contributed by atoms with E-state index in [9.17, 15) is 4.79 Å². The third-order valence-electron chi connectivity index (χ3n) is 9.01. The van der Waals surface area contributed by atoms with Crippen molar-refractivity contribution in [3.8, 4) is 0 Å². The lowest BCUT2D eigenvalue weighted by atomic mass is 9.41. The first-order valence-electron chi connectivity index (χ1n) is 11.2. The van der Waals surface area contributed by atoms with Crippen LogP contribution in [0.4, 0.5) is 0 Å². The average molecular weight is 392 g/mol. The van der Waals surface area contributed by atoms with E-state index in [4.69, 9.17) is 0 Å². The Kier molecular flexibility index (Phi) is 3.87. The molecule has 0 unspecified atom stereocenters. The topological polar surface area (TPSA) is 74.8 Å². The highest BCUT2D eigenvalue weighted by atomic mass is 16.2. The number of tetrazole rings is 1. The van der Waals surface area contributed by atoms with Crippen LogP contribution < -0.4 is 0 Å². The molecule has 1 amide bonds. The predicted molar refractivity (Wildman–Crippen MR) is 108 cm³/mol. The lowest BCUT2D eigenvalue weighted by Crippen LogP contribution is -2.60. The van der Waals surface area contributed by atoms with Crippen LogP contribution in [0.1, 0.15) is 56.3 Å². The zero-order valence-electron chi connectivity index (χ0n) is 17.0. The van der Waals surface area contributed by atoms with Crippen molar-refractivity contribution in [1.82, 2.24) is 25.5 Å². The molecule has 5 aliphatic rings. The van der Waals surface area contributed by atoms with Crippen molar-refractivity contribution >= 4 is 5.91 Å². The fourth-order valence-corrected chi connectivity index (χ4v) is 7.43. The molecule has 6 heteroatoms. The van der Waals surface area contributed by atoms with Crippen LogP contribution in [0.25, 0.3) is 0 Å². The normalized spacial score (nSPS) is 38.2. The average Bonchev–Trinajstić information content (AvgIpc) is 3.20. The number of hydrogen-bond donors (Lipinski definition) is 1. The van der Waals surface area contributed by atoms with Gasteiger partial charge in [0.25, 0.3) is 0 Å². The summed E-state index contributed by atoms with van der Waals surface area (Å²) in [5.74, 6) is 5.20. The Morgan fingerprint density at radius 1 is 1.10 bits per heavy atom. The van der Waals surface area contributed by atoms with Crippen LogP contribution in [0.5, 0.6) is 0 Å². The molecule has 1 saturated heterocycles. The summed E-state index contributed by atoms with van der Waals surface area (Å²) in [6.45, 7) is 3.92. The number of nitrogens with zero attached hydrogens (tertiary/aromatic N) is 4. The van der Waals surface area contributed by atoms with Gasteiger partial charge in [-0.05, 0) is 60.8 Å². The maximum Gasteiger partial charge on any atom is 0.223 e. The van der Waals surface area contributed by atoms with Crippen LogP contribution in [0.3, 0.4) is 0 Å². The molecule has 2 heterocycles. The molecule has 1 aromatic heterocycles. The number of carbonyl (C=O) groups excluding carboxylic acids is 1. The second-order valence-corrected chi connectivity index (χ2v) is 10.1. The van der Waals surface area contributed by atoms with Crippen molar-refractivity contribution in [1.29, 1.82) is 0 Å². The third kappa shape index (κ3) is 2.53. The van der Waals surface area contributed by atoms with Gasteiger partial charge in [0.05, 0.1) is 5.92 Å². The Labute approximate surface area is 171 Å². The molecule has 4 saturated carbocycles. The van der Waals surface area contributed by atoms with Gasteiger partial charge in [-0.25, -0.2) is 0 Å². The molecule has 4 aliphatic carbocycles. The van der Waals surface area contributed by atoms with Gasteiger partial charge in [-0.15, -0.1) is 10.2 Å². The summed E-state index contributed by atoms with van der Waals surface area (Å²) in [6, 6.07) is 11.0. The summed E-state index contributed by atoms with van der Waals surface area (Å²) >= 11 is 0. The van der Waals surface area contributed by atoms with E-state index in [0.29, 0.717) is 24.2 Å². The second kappa shape index (κ2) is 6.38. The fourth-order valence-electron chi connectivity index (χ4n) is 7.43. The Balaban J connectivity index is 1.27. The predicted octanol–water partition coefficient (Wildman–Crippen LogP) is 3.16. The summed E-state index contributed by atoms with van der Waals surface area (Å²) in [5, 5.41) is 14.4. The lowest BCUT2D eigenvalue weighted by molar-refractivity contribution is -0.146. The first-order valence-corrected chi connectivity index (χ1v) is 11.2. The molecule has 1 aliphatic heterocycles. The highest BCUT2D eigenvalue weighted by Crippen LogP contribution is 2.65. The summed E-state index contributed by atoms with van der Waals surface area (Å²) < 4.78 is 0. The molecule has 6 nitrogen and oxygen atoms in total. The first kappa shape index (κ1) is 17.6. The minimum absolute atomic E-state index is 0.0305. The van der Waals surface area contributed by atoms with Crippen molar-refractivity contribution < 1.29 is 4.79 Å². The van der Waals surface area contributed by atoms with E-state index in [0.717, 1.165) is 36.7 Å². The van der Waals surface area contributed by atoms with Crippen LogP contribution >= 0.6 is 0 Å². The van der Waals surface area contributed by atoms with Crippen LogP contribution in [-0.4, -0.2) is 44.5 Å². The van der Waals surface area contributed by atoms with Crippen molar-refractivity contribution in [3.05, 3.63) is 41.7 Å². The van der Waals surface area contributed by atoms with Gasteiger partial charge in [0.15, 0.2) is 5.82 Å². The number of aromatic amines is 1. The van der Waals surface area contributed by atoms with Crippen molar-refractivity contribution in [2.45, 2.75) is 50.4 Å². The molecule has 29 heavy (non-hydrogen) atoms. The maximum atomic E-state index is 13.4. The molecular formula is C23H29N5O. The summed E-state index contributed by atoms with van der Waals surface area (Å²) in [7, 11) is 0. The number of benzene rings is 1. The van der Waals surface area contributed by atoms with Gasteiger partial charge in [0.1, 0.15) is 0 Å². The highest BCUT2D eigenvalue weighted by Gasteiger charge is 2.60. The van der Waals surface area contributed by atoms with Crippen LogP contribution in [0.2, 0.25) is 0 Å². The number of aromatic nitrogens is 4. The minimum Gasteiger partial charge on any atom is -0.341 e. The first-order chi connectivity index (χ1) is 14.1. The summed E-state index contributed by atoms with van der Waals surface area (Å²) in [4.78, 5) is 15.5. The zero-order valence-corrected chi connectivity index (χ0v) is 17.0. The van der Waals surface area contributed by atoms with Gasteiger partial charge >= 0.3 is 0 Å². The van der Waals surface area contributed by atoms with Gasteiger partial charge in [0.2, 0.25) is 5.91 Å². The number of carbonyl (C=O) groups is 1. The van der Waals surface area contributed by atoms with Gasteiger partial charge in [-0.1, -0.05) is 42.5 Å². The fraction of sp³-hybridized carbons (Fsp3) is 0.652. The van der Waals surface area contributed by atoms with E-state index in [1.54, 1.807) is 0 Å². The number of hydrogen-bond acceptors (Lipinski definition) is 4. The van der Waals surface area contributed by atoms with E-state index in [2.05, 4.69) is 57.9 Å². The van der Waals surface area contributed by atoms with Crippen molar-refractivity contribution in [3.63, 3.8) is 0 Å². The molecule has 0 radical (unpaired) electrons. The molecule has 7 rings (SSSR count). The monoisotopic (exact) mass is 391 g/mol. The molecule has 2 aromatic rings. The molecule has 4 bridgehead atoms. The van der Waals surface area contributed by atoms with Gasteiger partial charge in [-0.3, -0.25) is 4.79 Å². The number of nitrogens with one attached hydrogen (secondary N) is 1. The molecule has 5 fully saturated rings. The van der Waals surface area contributed by atoms with Crippen LogP contribution in [0, 0.1) is 29.6 Å². The Morgan fingerprint density at radius 2 is 1.76 bits per heavy atom. The Bertz CT molecular complexity index is 859. The third-order valence-corrected chi connectivity index (χ3v) is 9.01. The maximum absolute atomic E-state index is 13.4. The number of H-pyrrole nitrogens is 1. The van der Waals surface area contributed by atoms with E-state index in [1.807, 2.05) is 4.90 Å². The molecule has 0 atom stereocenters. The zero-order chi connectivity index (χ0) is 19.6. The summed E-state index contributed by atoms with van der Waals surface area (Å²) in [6.07, 6.45) is 5.90. The Morgan fingerprint density at radius 3 is 2.34 bits per heavy atom. The van der Waals surface area contributed by atoms with Crippen molar-refractivity contribution in [2.24, 2.45) is 29.6 Å². The SMILES string of the molecule is CC1C2CC3CC1CC(C2)C3(CC(=O)N1CC(c2nn[nH]n2)C1)c1ccccc1. The Hall–Kier alpha value is -2.24. The molecule has 152 valence electrons. The molecule has 1 N–H and O–H groups in total. The lowest BCUT2D eigenvalue weighted by Gasteiger charge is -2.64. The van der Waals surface area contributed by atoms with Gasteiger partial charge < -0.3 is 4.90 Å². The highest BCUT2D eigenvalue weighted by molar-refractivity contribution is 5.79. The number of amides is 1. The van der Waals surface area contributed by atoms with E-state index in [-0.39, 0.29) is 11.3 Å². The molecular weight excluding hydrogens is 362 g/mol. The standard InChI is InChI=1S/C23H29N5O/c1-14-15-7-19-9-16(14)10-20(8-15)23(19,18-5-3-2-4-6-18)11-21(29)28-12-17(13-28)22-24-26-27-25-22/h2-6,14-17,19-20H,7-13H2,1H3,(H,24,25,26,27). The quantitative estimate of drug-likeness (QED) is 0.869. The molecule has 0 spiro atoms. The van der Waals surface area contributed by atoms with E-state index in [1.165, 1.54) is 31.2 Å². The smallest absolute Gasteiger partial charge is 0.223 e. The molecule has 1 aromatic carbocycles. The number of likely N-dealkylation sites (tertiary alicyclic amines) is 1. The van der Waals surface area contributed by atoms with E-state index < -0.39 is 0 Å². The summed E-state index contributed by atoms with van der Waals surface area (Å²) in [5.41, 5.74) is 1.44. The number of rotatable bonds is 4.